The molecule has 0 radical (unpaired) electrons. The summed E-state index contributed by atoms with van der Waals surface area (Å²) in [6.07, 6.45) is 3.23. The van der Waals surface area contributed by atoms with Gasteiger partial charge >= 0.3 is 0 Å². The average molecular weight is 372 g/mol. The number of para-hydroxylation sites is 1. The van der Waals surface area contributed by atoms with E-state index in [4.69, 9.17) is 0 Å². The van der Waals surface area contributed by atoms with Crippen LogP contribution in [0, 0.1) is 0 Å². The van der Waals surface area contributed by atoms with Crippen LogP contribution < -0.4 is 10.6 Å². The van der Waals surface area contributed by atoms with Crippen molar-refractivity contribution in [1.82, 2.24) is 20.2 Å². The Bertz CT molecular complexity index is 1100. The molecule has 0 spiro atoms. The lowest BCUT2D eigenvalue weighted by molar-refractivity contribution is 0.0953. The van der Waals surface area contributed by atoms with Gasteiger partial charge in [0, 0.05) is 60.4 Å². The fourth-order valence-corrected chi connectivity index (χ4v) is 3.65. The van der Waals surface area contributed by atoms with Gasteiger partial charge in [0.15, 0.2) is 0 Å². The molecule has 0 aliphatic carbocycles. The summed E-state index contributed by atoms with van der Waals surface area (Å²) >= 11 is 0. The first-order valence-electron chi connectivity index (χ1n) is 9.66. The molecule has 1 amide bonds. The van der Waals surface area contributed by atoms with Crippen LogP contribution in [0.15, 0.2) is 67.0 Å². The van der Waals surface area contributed by atoms with E-state index in [1.54, 1.807) is 24.5 Å². The number of aromatic nitrogens is 2. The molecule has 0 fully saturated rings. The quantitative estimate of drug-likeness (QED) is 0.486. The molecule has 0 atom stereocenters. The molecule has 0 aliphatic heterocycles. The highest BCUT2D eigenvalue weighted by Gasteiger charge is 2.09. The lowest BCUT2D eigenvalue weighted by Gasteiger charge is -2.08. The van der Waals surface area contributed by atoms with E-state index in [0.717, 1.165) is 13.1 Å². The maximum Gasteiger partial charge on any atom is 0.252 e. The van der Waals surface area contributed by atoms with Gasteiger partial charge in [-0.3, -0.25) is 9.78 Å². The Balaban J connectivity index is 1.38. The van der Waals surface area contributed by atoms with E-state index in [-0.39, 0.29) is 5.91 Å². The summed E-state index contributed by atoms with van der Waals surface area (Å²) in [5, 5.41) is 8.90. The predicted octanol–water partition coefficient (Wildman–Crippen LogP) is 3.73. The molecule has 0 unspecified atom stereocenters. The summed E-state index contributed by atoms with van der Waals surface area (Å²) in [7, 11) is 0. The number of nitrogens with one attached hydrogen (secondary N) is 2. The van der Waals surface area contributed by atoms with Gasteiger partial charge in [0.25, 0.3) is 5.91 Å². The molecule has 0 saturated heterocycles. The molecule has 2 heterocycles. The Labute approximate surface area is 164 Å². The van der Waals surface area contributed by atoms with E-state index in [1.165, 1.54) is 27.4 Å². The molecule has 0 aliphatic rings. The number of pyridine rings is 1. The average Bonchev–Trinajstić information content (AvgIpc) is 3.07. The fourth-order valence-electron chi connectivity index (χ4n) is 3.65. The largest absolute Gasteiger partial charge is 0.351 e. The van der Waals surface area contributed by atoms with Crippen molar-refractivity contribution in [2.75, 3.05) is 13.1 Å². The van der Waals surface area contributed by atoms with Crippen LogP contribution in [0.1, 0.15) is 22.8 Å². The maximum atomic E-state index is 12.0. The number of hydrogen-bond acceptors (Lipinski definition) is 3. The summed E-state index contributed by atoms with van der Waals surface area (Å²) in [6.45, 7) is 5.19. The minimum Gasteiger partial charge on any atom is -0.351 e. The van der Waals surface area contributed by atoms with E-state index >= 15 is 0 Å². The van der Waals surface area contributed by atoms with E-state index in [1.807, 2.05) is 0 Å². The lowest BCUT2D eigenvalue weighted by Crippen LogP contribution is -2.31. The highest BCUT2D eigenvalue weighted by molar-refractivity contribution is 6.08. The number of amides is 1. The Morgan fingerprint density at radius 2 is 1.86 bits per heavy atom. The molecule has 0 bridgehead atoms. The zero-order chi connectivity index (χ0) is 19.3. The molecule has 5 nitrogen and oxygen atoms in total. The van der Waals surface area contributed by atoms with Gasteiger partial charge in [-0.05, 0) is 42.8 Å². The molecule has 28 heavy (non-hydrogen) atoms. The van der Waals surface area contributed by atoms with Crippen molar-refractivity contribution in [3.8, 4) is 0 Å². The van der Waals surface area contributed by atoms with Crippen LogP contribution in [-0.4, -0.2) is 28.5 Å². The highest BCUT2D eigenvalue weighted by Crippen LogP contribution is 2.29. The fraction of sp³-hybridized carbons (Fsp3) is 0.217. The van der Waals surface area contributed by atoms with Crippen molar-refractivity contribution in [1.29, 1.82) is 0 Å². The smallest absolute Gasteiger partial charge is 0.252 e. The SMILES string of the molecule is CCn1c2ccccc2c2cc(CNCCNC(=O)c3cccnc3)ccc21. The first-order valence-corrected chi connectivity index (χ1v) is 9.66. The topological polar surface area (TPSA) is 59.0 Å². The molecule has 4 aromatic rings. The van der Waals surface area contributed by atoms with Gasteiger partial charge in [-0.1, -0.05) is 24.3 Å². The van der Waals surface area contributed by atoms with Crippen molar-refractivity contribution in [3.63, 3.8) is 0 Å². The van der Waals surface area contributed by atoms with Crippen molar-refractivity contribution in [2.45, 2.75) is 20.0 Å². The number of aryl methyl sites for hydroxylation is 1. The summed E-state index contributed by atoms with van der Waals surface area (Å²) in [4.78, 5) is 16.0. The summed E-state index contributed by atoms with van der Waals surface area (Å²) in [5.41, 5.74) is 4.38. The third kappa shape index (κ3) is 3.62. The van der Waals surface area contributed by atoms with E-state index in [2.05, 4.69) is 69.6 Å². The van der Waals surface area contributed by atoms with Crippen LogP contribution in [0.2, 0.25) is 0 Å². The molecule has 2 N–H and O–H groups in total. The number of hydrogen-bond donors (Lipinski definition) is 2. The second-order valence-corrected chi connectivity index (χ2v) is 6.79. The third-order valence-corrected chi connectivity index (χ3v) is 4.99. The van der Waals surface area contributed by atoms with E-state index in [9.17, 15) is 4.79 Å². The number of rotatable bonds is 7. The monoisotopic (exact) mass is 372 g/mol. The molecular formula is C23H24N4O. The summed E-state index contributed by atoms with van der Waals surface area (Å²) < 4.78 is 2.36. The van der Waals surface area contributed by atoms with Gasteiger partial charge in [-0.2, -0.15) is 0 Å². The first-order chi connectivity index (χ1) is 13.8. The van der Waals surface area contributed by atoms with Crippen molar-refractivity contribution >= 4 is 27.7 Å². The minimum atomic E-state index is -0.0938. The standard InChI is InChI=1S/C23H24N4O/c1-2-27-21-8-4-3-7-19(21)20-14-17(9-10-22(20)27)15-25-12-13-26-23(28)18-6-5-11-24-16-18/h3-11,14,16,25H,2,12-13,15H2,1H3,(H,26,28). The van der Waals surface area contributed by atoms with Crippen LogP contribution >= 0.6 is 0 Å². The Kier molecular flexibility index (Phi) is 5.35. The van der Waals surface area contributed by atoms with Crippen LogP contribution in [0.4, 0.5) is 0 Å². The molecule has 5 heteroatoms. The molecule has 2 aromatic carbocycles. The number of nitrogens with zero attached hydrogens (tertiary/aromatic N) is 2. The zero-order valence-electron chi connectivity index (χ0n) is 16.0. The zero-order valence-corrected chi connectivity index (χ0v) is 16.0. The van der Waals surface area contributed by atoms with Crippen molar-refractivity contribution < 1.29 is 4.79 Å². The number of fused-ring (bicyclic) bond motifs is 3. The van der Waals surface area contributed by atoms with Gasteiger partial charge in [0.1, 0.15) is 0 Å². The Morgan fingerprint density at radius 3 is 2.68 bits per heavy atom. The molecule has 0 saturated carbocycles. The van der Waals surface area contributed by atoms with Gasteiger partial charge < -0.3 is 15.2 Å². The second kappa shape index (κ2) is 8.23. The molecule has 142 valence electrons. The van der Waals surface area contributed by atoms with Crippen LogP contribution in [0.5, 0.6) is 0 Å². The van der Waals surface area contributed by atoms with E-state index < -0.39 is 0 Å². The number of carbonyl (C=O) groups is 1. The maximum absolute atomic E-state index is 12.0. The Hall–Kier alpha value is -3.18. The van der Waals surface area contributed by atoms with E-state index in [0.29, 0.717) is 18.7 Å². The van der Waals surface area contributed by atoms with Crippen LogP contribution in [-0.2, 0) is 13.1 Å². The Morgan fingerprint density at radius 1 is 1.00 bits per heavy atom. The normalized spacial score (nSPS) is 11.2. The van der Waals surface area contributed by atoms with Gasteiger partial charge in [-0.25, -0.2) is 0 Å². The van der Waals surface area contributed by atoms with Crippen molar-refractivity contribution in [3.05, 3.63) is 78.1 Å². The van der Waals surface area contributed by atoms with Crippen LogP contribution in [0.25, 0.3) is 21.8 Å². The molecular weight excluding hydrogens is 348 g/mol. The van der Waals surface area contributed by atoms with Gasteiger partial charge in [0.2, 0.25) is 0 Å². The number of carbonyl (C=O) groups excluding carboxylic acids is 1. The second-order valence-electron chi connectivity index (χ2n) is 6.79. The van der Waals surface area contributed by atoms with Crippen LogP contribution in [0.3, 0.4) is 0 Å². The van der Waals surface area contributed by atoms with Gasteiger partial charge in [-0.15, -0.1) is 0 Å². The lowest BCUT2D eigenvalue weighted by atomic mass is 10.1. The first kappa shape index (κ1) is 18.2. The third-order valence-electron chi connectivity index (χ3n) is 4.99. The summed E-state index contributed by atoms with van der Waals surface area (Å²) in [6, 6.07) is 18.7. The van der Waals surface area contributed by atoms with Crippen molar-refractivity contribution in [2.24, 2.45) is 0 Å². The minimum absolute atomic E-state index is 0.0938. The highest BCUT2D eigenvalue weighted by atomic mass is 16.1. The van der Waals surface area contributed by atoms with Gasteiger partial charge in [0.05, 0.1) is 5.56 Å². The number of benzene rings is 2. The predicted molar refractivity (Wildman–Crippen MR) is 113 cm³/mol. The molecule has 2 aromatic heterocycles. The molecule has 4 rings (SSSR count). The summed E-state index contributed by atoms with van der Waals surface area (Å²) in [5.74, 6) is -0.0938.